The highest BCUT2D eigenvalue weighted by molar-refractivity contribution is 7.61. The fraction of sp³-hybridized carbons (Fsp3) is 0.333. The van der Waals surface area contributed by atoms with Crippen molar-refractivity contribution in [3.05, 3.63) is 87.7 Å². The van der Waals surface area contributed by atoms with Gasteiger partial charge in [-0.25, -0.2) is 4.68 Å². The quantitative estimate of drug-likeness (QED) is 0.550. The van der Waals surface area contributed by atoms with Gasteiger partial charge >= 0.3 is 10.5 Å². The largest absolute Gasteiger partial charge is 0.311 e. The number of nitrogens with zero attached hydrogens (tertiary/aromatic N) is 3. The highest BCUT2D eigenvalue weighted by Gasteiger charge is 2.32. The number of aromatic nitrogens is 2. The lowest BCUT2D eigenvalue weighted by atomic mass is 9.95. The Morgan fingerprint density at radius 2 is 1.90 bits per heavy atom. The average molecular weight is 436 g/mol. The molecule has 0 N–H and O–H groups in total. The monoisotopic (exact) mass is 435 g/mol. The summed E-state index contributed by atoms with van der Waals surface area (Å²) in [6.45, 7) is 2.54. The van der Waals surface area contributed by atoms with Gasteiger partial charge in [-0.15, -0.1) is 0 Å². The summed E-state index contributed by atoms with van der Waals surface area (Å²) in [6.07, 6.45) is 3.87. The molecular weight excluding hydrogens is 410 g/mol. The molecule has 6 nitrogen and oxygen atoms in total. The van der Waals surface area contributed by atoms with Crippen LogP contribution in [0.2, 0.25) is 0 Å². The van der Waals surface area contributed by atoms with Crippen molar-refractivity contribution in [2.75, 3.05) is 0 Å². The van der Waals surface area contributed by atoms with Crippen LogP contribution in [0.1, 0.15) is 48.9 Å². The number of benzene rings is 2. The zero-order chi connectivity index (χ0) is 21.8. The van der Waals surface area contributed by atoms with E-state index in [1.54, 1.807) is 12.1 Å². The van der Waals surface area contributed by atoms with Crippen molar-refractivity contribution < 1.29 is 8.42 Å². The van der Waals surface area contributed by atoms with E-state index in [2.05, 4.69) is 22.5 Å². The minimum atomic E-state index is -2.43. The SMILES string of the molecule is CCCCC1Cc2cc(-c3ccc(=O)n(Cc4ccccc4)n3)ccc2C1N=S(=O)=O. The molecule has 4 rings (SSSR count). The molecule has 31 heavy (non-hydrogen) atoms. The second-order valence-corrected chi connectivity index (χ2v) is 8.63. The van der Waals surface area contributed by atoms with Gasteiger partial charge in [0.15, 0.2) is 0 Å². The van der Waals surface area contributed by atoms with Crippen molar-refractivity contribution in [1.29, 1.82) is 0 Å². The Kier molecular flexibility index (Phi) is 6.42. The molecule has 3 aromatic rings. The Bertz CT molecular complexity index is 1260. The summed E-state index contributed by atoms with van der Waals surface area (Å²) in [7, 11) is -2.43. The number of rotatable bonds is 7. The first-order valence-corrected chi connectivity index (χ1v) is 11.6. The van der Waals surface area contributed by atoms with Gasteiger partial charge in [0.05, 0.1) is 18.3 Å². The van der Waals surface area contributed by atoms with Gasteiger partial charge in [0, 0.05) is 11.6 Å². The van der Waals surface area contributed by atoms with Crippen LogP contribution >= 0.6 is 0 Å². The minimum absolute atomic E-state index is 0.148. The first-order chi connectivity index (χ1) is 15.0. The molecule has 0 amide bonds. The van der Waals surface area contributed by atoms with Crippen LogP contribution in [0.25, 0.3) is 11.3 Å². The summed E-state index contributed by atoms with van der Waals surface area (Å²) in [4.78, 5) is 12.3. The molecular formula is C24H25N3O3S. The van der Waals surface area contributed by atoms with E-state index in [-0.39, 0.29) is 17.5 Å². The Morgan fingerprint density at radius 3 is 2.65 bits per heavy atom. The molecule has 1 heterocycles. The van der Waals surface area contributed by atoms with Crippen LogP contribution in [0, 0.1) is 5.92 Å². The van der Waals surface area contributed by atoms with Gasteiger partial charge in [-0.1, -0.05) is 62.2 Å². The van der Waals surface area contributed by atoms with Crippen molar-refractivity contribution in [3.63, 3.8) is 0 Å². The average Bonchev–Trinajstić information content (AvgIpc) is 3.10. The lowest BCUT2D eigenvalue weighted by Crippen LogP contribution is -2.22. The first-order valence-electron chi connectivity index (χ1n) is 10.6. The van der Waals surface area contributed by atoms with Gasteiger partial charge in [-0.3, -0.25) is 4.79 Å². The van der Waals surface area contributed by atoms with Crippen LogP contribution in [-0.4, -0.2) is 18.2 Å². The third kappa shape index (κ3) is 4.82. The molecule has 0 saturated heterocycles. The van der Waals surface area contributed by atoms with Crippen LogP contribution in [0.4, 0.5) is 0 Å². The maximum atomic E-state index is 12.3. The van der Waals surface area contributed by atoms with E-state index >= 15 is 0 Å². The molecule has 0 radical (unpaired) electrons. The lowest BCUT2D eigenvalue weighted by Gasteiger charge is -2.14. The minimum Gasteiger partial charge on any atom is -0.268 e. The van der Waals surface area contributed by atoms with Gasteiger partial charge in [0.2, 0.25) is 0 Å². The van der Waals surface area contributed by atoms with Crippen molar-refractivity contribution in [1.82, 2.24) is 9.78 Å². The maximum absolute atomic E-state index is 12.3. The molecule has 2 aromatic carbocycles. The summed E-state index contributed by atoms with van der Waals surface area (Å²) in [5, 5.41) is 4.58. The first kappa shape index (κ1) is 21.2. The number of fused-ring (bicyclic) bond motifs is 1. The van der Waals surface area contributed by atoms with Gasteiger partial charge in [0.25, 0.3) is 5.56 Å². The van der Waals surface area contributed by atoms with E-state index in [0.29, 0.717) is 6.54 Å². The van der Waals surface area contributed by atoms with Gasteiger partial charge in [-0.2, -0.15) is 17.9 Å². The Balaban J connectivity index is 1.66. The maximum Gasteiger partial charge on any atom is 0.311 e. The Labute approximate surface area is 183 Å². The molecule has 0 spiro atoms. The van der Waals surface area contributed by atoms with Crippen molar-refractivity contribution in [3.8, 4) is 11.3 Å². The summed E-state index contributed by atoms with van der Waals surface area (Å²) in [5.41, 5.74) is 4.59. The second kappa shape index (κ2) is 9.39. The van der Waals surface area contributed by atoms with Gasteiger partial charge in [0.1, 0.15) is 0 Å². The molecule has 0 fully saturated rings. The molecule has 160 valence electrons. The van der Waals surface area contributed by atoms with Crippen molar-refractivity contribution in [2.24, 2.45) is 10.3 Å². The molecule has 1 aromatic heterocycles. The molecule has 0 aliphatic heterocycles. The molecule has 1 aliphatic carbocycles. The van der Waals surface area contributed by atoms with Crippen LogP contribution in [0.5, 0.6) is 0 Å². The number of hydrogen-bond acceptors (Lipinski definition) is 5. The van der Waals surface area contributed by atoms with E-state index in [1.807, 2.05) is 42.5 Å². The molecule has 2 atom stereocenters. The zero-order valence-electron chi connectivity index (χ0n) is 17.4. The summed E-state index contributed by atoms with van der Waals surface area (Å²) < 4.78 is 28.0. The number of unbranched alkanes of at least 4 members (excludes halogenated alkanes) is 1. The standard InChI is InChI=1S/C24H25N3O3S/c1-2-3-9-19-15-20-14-18(10-11-21(20)24(19)26-31(29)30)22-12-13-23(28)27(25-22)16-17-7-5-4-6-8-17/h4-8,10-14,19,24H,2-3,9,15-16H2,1H3. The highest BCUT2D eigenvalue weighted by atomic mass is 32.2. The van der Waals surface area contributed by atoms with Gasteiger partial charge < -0.3 is 0 Å². The van der Waals surface area contributed by atoms with Crippen LogP contribution in [0.15, 0.2) is 69.8 Å². The van der Waals surface area contributed by atoms with Crippen LogP contribution < -0.4 is 5.56 Å². The van der Waals surface area contributed by atoms with E-state index in [1.165, 1.54) is 4.68 Å². The fourth-order valence-corrected chi connectivity index (χ4v) is 4.78. The Hall–Kier alpha value is -3.06. The van der Waals surface area contributed by atoms with E-state index in [4.69, 9.17) is 0 Å². The highest BCUT2D eigenvalue weighted by Crippen LogP contribution is 2.42. The summed E-state index contributed by atoms with van der Waals surface area (Å²) in [6, 6.07) is 18.7. The Morgan fingerprint density at radius 1 is 1.10 bits per heavy atom. The van der Waals surface area contributed by atoms with Crippen molar-refractivity contribution in [2.45, 2.75) is 45.2 Å². The fourth-order valence-electron chi connectivity index (χ4n) is 4.31. The zero-order valence-corrected chi connectivity index (χ0v) is 18.3. The lowest BCUT2D eigenvalue weighted by molar-refractivity contribution is 0.421. The normalized spacial score (nSPS) is 17.3. The number of hydrogen-bond donors (Lipinski definition) is 0. The molecule has 1 aliphatic rings. The third-order valence-corrected chi connectivity index (χ3v) is 6.26. The molecule has 0 bridgehead atoms. The predicted octanol–water partition coefficient (Wildman–Crippen LogP) is 4.42. The molecule has 2 unspecified atom stereocenters. The van der Waals surface area contributed by atoms with E-state index in [0.717, 1.165) is 53.6 Å². The van der Waals surface area contributed by atoms with Gasteiger partial charge in [-0.05, 0) is 47.6 Å². The topological polar surface area (TPSA) is 81.4 Å². The van der Waals surface area contributed by atoms with E-state index in [9.17, 15) is 13.2 Å². The van der Waals surface area contributed by atoms with Crippen LogP contribution in [-0.2, 0) is 23.5 Å². The van der Waals surface area contributed by atoms with Crippen LogP contribution in [0.3, 0.4) is 0 Å². The summed E-state index contributed by atoms with van der Waals surface area (Å²) >= 11 is 0. The summed E-state index contributed by atoms with van der Waals surface area (Å²) in [5.74, 6) is 0.197. The van der Waals surface area contributed by atoms with E-state index < -0.39 is 10.5 Å². The predicted molar refractivity (Wildman–Crippen MR) is 120 cm³/mol. The molecule has 7 heteroatoms. The van der Waals surface area contributed by atoms with Crippen molar-refractivity contribution >= 4 is 10.5 Å². The second-order valence-electron chi connectivity index (χ2n) is 7.99. The molecule has 0 saturated carbocycles. The smallest absolute Gasteiger partial charge is 0.268 e. The third-order valence-electron chi connectivity index (χ3n) is 5.86.